The van der Waals surface area contributed by atoms with Crippen LogP contribution in [0.4, 0.5) is 0 Å². The summed E-state index contributed by atoms with van der Waals surface area (Å²) in [4.78, 5) is 13.8. The van der Waals surface area contributed by atoms with Gasteiger partial charge < -0.3 is 18.9 Å². The molecule has 0 radical (unpaired) electrons. The molecule has 1 aliphatic heterocycles. The molecule has 0 unspecified atom stereocenters. The van der Waals surface area contributed by atoms with Crippen molar-refractivity contribution >= 4 is 17.7 Å². The molecule has 2 aliphatic rings. The average molecular weight is 513 g/mol. The number of amides is 1. The molecule has 0 N–H and O–H groups in total. The summed E-state index contributed by atoms with van der Waals surface area (Å²) in [5.74, 6) is 2.56. The van der Waals surface area contributed by atoms with Gasteiger partial charge in [0, 0.05) is 11.5 Å². The fourth-order valence-electron chi connectivity index (χ4n) is 5.39. The third-order valence-corrected chi connectivity index (χ3v) is 7.23. The Kier molecular flexibility index (Phi) is 7.36. The Bertz CT molecular complexity index is 1380. The third-order valence-electron chi connectivity index (χ3n) is 7.23. The lowest BCUT2D eigenvalue weighted by atomic mass is 9.77. The molecule has 7 heteroatoms. The van der Waals surface area contributed by atoms with Gasteiger partial charge in [-0.1, -0.05) is 30.3 Å². The highest BCUT2D eigenvalue weighted by atomic mass is 16.5. The highest BCUT2D eigenvalue weighted by molar-refractivity contribution is 6.09. The number of methoxy groups -OCH3 is 4. The first-order chi connectivity index (χ1) is 18.6. The van der Waals surface area contributed by atoms with Crippen LogP contribution in [-0.4, -0.2) is 45.1 Å². The number of allylic oxidation sites excluding steroid dienone is 1. The van der Waals surface area contributed by atoms with Crippen molar-refractivity contribution < 1.29 is 23.7 Å². The van der Waals surface area contributed by atoms with E-state index in [1.807, 2.05) is 66.7 Å². The molecule has 1 fully saturated rings. The Morgan fingerprint density at radius 1 is 0.842 bits per heavy atom. The molecule has 38 heavy (non-hydrogen) atoms. The van der Waals surface area contributed by atoms with Crippen molar-refractivity contribution in [3.8, 4) is 23.0 Å². The first-order valence-electron chi connectivity index (χ1n) is 12.7. The first kappa shape index (κ1) is 25.4. The van der Waals surface area contributed by atoms with Gasteiger partial charge in [0.25, 0.3) is 5.91 Å². The number of nitrogens with zero attached hydrogens (tertiary/aromatic N) is 2. The number of rotatable bonds is 7. The predicted octanol–water partition coefficient (Wildman–Crippen LogP) is 6.16. The van der Waals surface area contributed by atoms with Crippen molar-refractivity contribution in [1.82, 2.24) is 5.01 Å². The second-order valence-electron chi connectivity index (χ2n) is 9.34. The van der Waals surface area contributed by atoms with Gasteiger partial charge in [0.2, 0.25) is 0 Å². The fraction of sp³-hybridized carbons (Fsp3) is 0.290. The molecule has 196 valence electrons. The van der Waals surface area contributed by atoms with Crippen LogP contribution in [-0.2, 0) is 0 Å². The lowest BCUT2D eigenvalue weighted by molar-refractivity contribution is 0.0680. The fourth-order valence-corrected chi connectivity index (χ4v) is 5.39. The van der Waals surface area contributed by atoms with E-state index in [0.29, 0.717) is 28.6 Å². The Balaban J connectivity index is 1.58. The lowest BCUT2D eigenvalue weighted by Gasteiger charge is -2.30. The van der Waals surface area contributed by atoms with Gasteiger partial charge in [-0.25, -0.2) is 5.01 Å². The summed E-state index contributed by atoms with van der Waals surface area (Å²) in [6.45, 7) is 0. The number of fused-ring (bicyclic) bond motifs is 1. The zero-order chi connectivity index (χ0) is 26.6. The van der Waals surface area contributed by atoms with Gasteiger partial charge in [0.1, 0.15) is 0 Å². The SMILES string of the molecule is COc1ccc(/C=C2/CCC[C@@H]3C2=NN(C(=O)c2ccccc2)[C@@H]3c2ccc(OC)c(OC)c2)cc1OC. The largest absolute Gasteiger partial charge is 0.493 e. The summed E-state index contributed by atoms with van der Waals surface area (Å²) in [5, 5.41) is 6.66. The van der Waals surface area contributed by atoms with Crippen molar-refractivity contribution in [2.24, 2.45) is 11.0 Å². The zero-order valence-electron chi connectivity index (χ0n) is 22.1. The molecule has 0 spiro atoms. The van der Waals surface area contributed by atoms with Gasteiger partial charge in [-0.05, 0) is 78.4 Å². The van der Waals surface area contributed by atoms with E-state index in [0.717, 1.165) is 41.7 Å². The summed E-state index contributed by atoms with van der Waals surface area (Å²) in [6, 6.07) is 20.8. The molecule has 1 aliphatic carbocycles. The van der Waals surface area contributed by atoms with E-state index in [1.165, 1.54) is 0 Å². The zero-order valence-corrected chi connectivity index (χ0v) is 22.1. The van der Waals surface area contributed by atoms with Gasteiger partial charge >= 0.3 is 0 Å². The van der Waals surface area contributed by atoms with E-state index in [2.05, 4.69) is 6.08 Å². The normalized spacial score (nSPS) is 19.5. The minimum atomic E-state index is -0.258. The van der Waals surface area contributed by atoms with Gasteiger partial charge in [0.15, 0.2) is 23.0 Å². The smallest absolute Gasteiger partial charge is 0.274 e. The molecule has 1 saturated carbocycles. The van der Waals surface area contributed by atoms with E-state index in [9.17, 15) is 4.79 Å². The van der Waals surface area contributed by atoms with E-state index in [1.54, 1.807) is 33.4 Å². The Morgan fingerprint density at radius 3 is 2.18 bits per heavy atom. The number of hydrogen-bond donors (Lipinski definition) is 0. The molecule has 0 saturated heterocycles. The van der Waals surface area contributed by atoms with Crippen LogP contribution in [0.15, 0.2) is 77.4 Å². The minimum absolute atomic E-state index is 0.0564. The van der Waals surface area contributed by atoms with Crippen molar-refractivity contribution in [3.05, 3.63) is 89.0 Å². The van der Waals surface area contributed by atoms with Crippen LogP contribution in [0, 0.1) is 5.92 Å². The van der Waals surface area contributed by atoms with Crippen molar-refractivity contribution in [1.29, 1.82) is 0 Å². The summed E-state index contributed by atoms with van der Waals surface area (Å²) < 4.78 is 22.0. The van der Waals surface area contributed by atoms with Crippen molar-refractivity contribution in [3.63, 3.8) is 0 Å². The summed E-state index contributed by atoms with van der Waals surface area (Å²) in [6.07, 6.45) is 4.96. The van der Waals surface area contributed by atoms with Crippen LogP contribution in [0.1, 0.15) is 46.8 Å². The van der Waals surface area contributed by atoms with E-state index in [-0.39, 0.29) is 17.9 Å². The van der Waals surface area contributed by atoms with Crippen LogP contribution in [0.25, 0.3) is 6.08 Å². The Hall–Kier alpha value is -4.26. The first-order valence-corrected chi connectivity index (χ1v) is 12.7. The molecule has 5 rings (SSSR count). The molecular weight excluding hydrogens is 480 g/mol. The van der Waals surface area contributed by atoms with Gasteiger partial charge in [-0.15, -0.1) is 0 Å². The maximum Gasteiger partial charge on any atom is 0.274 e. The van der Waals surface area contributed by atoms with Crippen LogP contribution < -0.4 is 18.9 Å². The number of ether oxygens (including phenoxy) is 4. The van der Waals surface area contributed by atoms with E-state index in [4.69, 9.17) is 24.0 Å². The van der Waals surface area contributed by atoms with Crippen LogP contribution in [0.3, 0.4) is 0 Å². The summed E-state index contributed by atoms with van der Waals surface area (Å²) in [5.41, 5.74) is 4.64. The molecule has 0 bridgehead atoms. The van der Waals surface area contributed by atoms with Gasteiger partial charge in [-0.3, -0.25) is 4.79 Å². The molecule has 3 aromatic carbocycles. The third kappa shape index (κ3) is 4.72. The van der Waals surface area contributed by atoms with E-state index >= 15 is 0 Å². The molecule has 2 atom stereocenters. The summed E-state index contributed by atoms with van der Waals surface area (Å²) in [7, 11) is 6.50. The van der Waals surface area contributed by atoms with Gasteiger partial charge in [0.05, 0.1) is 40.2 Å². The molecule has 1 amide bonds. The number of carbonyl (C=O) groups is 1. The lowest BCUT2D eigenvalue weighted by Crippen LogP contribution is -2.32. The van der Waals surface area contributed by atoms with E-state index < -0.39 is 0 Å². The van der Waals surface area contributed by atoms with Crippen LogP contribution >= 0.6 is 0 Å². The highest BCUT2D eigenvalue weighted by Crippen LogP contribution is 2.46. The van der Waals surface area contributed by atoms with Crippen molar-refractivity contribution in [2.45, 2.75) is 25.3 Å². The Morgan fingerprint density at radius 2 is 1.50 bits per heavy atom. The number of carbonyl (C=O) groups excluding carboxylic acids is 1. The molecule has 1 heterocycles. The second kappa shape index (κ2) is 11.0. The monoisotopic (exact) mass is 512 g/mol. The molecule has 0 aromatic heterocycles. The molecule has 3 aromatic rings. The standard InChI is InChI=1S/C31H32N2O5/c1-35-25-15-13-20(18-27(25)37-3)17-22-11-8-12-24-29(22)32-33(31(34)21-9-6-5-7-10-21)30(24)23-14-16-26(36-2)28(19-23)38-4/h5-7,9-10,13-19,24,30H,8,11-12H2,1-4H3/b22-17-/t24-,30-/m1/s1. The quantitative estimate of drug-likeness (QED) is 0.379. The highest BCUT2D eigenvalue weighted by Gasteiger charge is 2.44. The van der Waals surface area contributed by atoms with Crippen LogP contribution in [0.2, 0.25) is 0 Å². The summed E-state index contributed by atoms with van der Waals surface area (Å²) >= 11 is 0. The van der Waals surface area contributed by atoms with Crippen LogP contribution in [0.5, 0.6) is 23.0 Å². The topological polar surface area (TPSA) is 69.6 Å². The second-order valence-corrected chi connectivity index (χ2v) is 9.34. The number of hydrazone groups is 1. The number of hydrogen-bond acceptors (Lipinski definition) is 6. The molecular formula is C31H32N2O5. The minimum Gasteiger partial charge on any atom is -0.493 e. The van der Waals surface area contributed by atoms with Crippen molar-refractivity contribution in [2.75, 3.05) is 28.4 Å². The average Bonchev–Trinajstić information content (AvgIpc) is 3.37. The Labute approximate surface area is 223 Å². The molecule has 7 nitrogen and oxygen atoms in total. The number of benzene rings is 3. The maximum absolute atomic E-state index is 13.8. The van der Waals surface area contributed by atoms with Gasteiger partial charge in [-0.2, -0.15) is 5.10 Å². The maximum atomic E-state index is 13.8. The predicted molar refractivity (Wildman–Crippen MR) is 147 cm³/mol.